The summed E-state index contributed by atoms with van der Waals surface area (Å²) in [6, 6.07) is 10.3. The average molecular weight is 656 g/mol. The number of carbonyl (C=O) groups excluding carboxylic acids is 1. The third kappa shape index (κ3) is 19.0. The van der Waals surface area contributed by atoms with Crippen molar-refractivity contribution in [2.75, 3.05) is 12.8 Å². The normalized spacial score (nSPS) is 10.5. The predicted molar refractivity (Wildman–Crippen MR) is 158 cm³/mol. The van der Waals surface area contributed by atoms with Crippen molar-refractivity contribution in [1.29, 1.82) is 5.41 Å². The van der Waals surface area contributed by atoms with Crippen molar-refractivity contribution in [2.24, 2.45) is 33.1 Å². The van der Waals surface area contributed by atoms with E-state index in [2.05, 4.69) is 25.3 Å². The second kappa shape index (κ2) is 22.8. The number of benzene rings is 2. The number of Topliss-reactive ketones (excluding diaryl/α,β-unsaturated/α-hetero) is 1. The number of guanidine groups is 1. The molecule has 1 unspecified atom stereocenters. The largest absolute Gasteiger partial charge is 0.386 e. The molecule has 2 aromatic carbocycles. The van der Waals surface area contributed by atoms with E-state index >= 15 is 0 Å². The van der Waals surface area contributed by atoms with Crippen LogP contribution < -0.4 is 23.0 Å². The summed E-state index contributed by atoms with van der Waals surface area (Å²) in [7, 11) is 0. The summed E-state index contributed by atoms with van der Waals surface area (Å²) < 4.78 is 13.2. The maximum Gasteiger partial charge on any atom is 0.208 e. The minimum absolute atomic E-state index is 0. The van der Waals surface area contributed by atoms with Crippen molar-refractivity contribution >= 4 is 93.2 Å². The van der Waals surface area contributed by atoms with E-state index < -0.39 is 11.1 Å². The third-order valence-corrected chi connectivity index (χ3v) is 4.91. The van der Waals surface area contributed by atoms with E-state index in [1.807, 2.05) is 0 Å². The number of nitrogens with zero attached hydrogens (tertiary/aromatic N) is 2. The molecule has 0 aliphatic heterocycles. The molecule has 0 radical (unpaired) electrons. The van der Waals surface area contributed by atoms with Gasteiger partial charge in [-0.15, -0.1) is 21.8 Å². The lowest BCUT2D eigenvalue weighted by atomic mass is 10.1. The van der Waals surface area contributed by atoms with E-state index in [0.717, 1.165) is 0 Å². The molecule has 2 rings (SSSR count). The lowest BCUT2D eigenvalue weighted by molar-refractivity contribution is -0.434. The summed E-state index contributed by atoms with van der Waals surface area (Å²) in [5, 5.41) is 22.2. The van der Waals surface area contributed by atoms with Gasteiger partial charge in [-0.1, -0.05) is 63.6 Å². The number of amidine groups is 1. The Morgan fingerprint density at radius 1 is 0.974 bits per heavy atom. The molecule has 10 N–H and O–H groups in total. The summed E-state index contributed by atoms with van der Waals surface area (Å²) in [4.78, 5) is 15.0. The van der Waals surface area contributed by atoms with Gasteiger partial charge in [0.15, 0.2) is 16.9 Å². The molecular weight excluding hydrogens is 628 g/mol. The fraction of sp³-hybridized carbons (Fsp3) is 0.200. The Balaban J connectivity index is -0.000000468. The van der Waals surface area contributed by atoms with Crippen molar-refractivity contribution in [3.8, 4) is 0 Å². The number of rotatable bonds is 6. The van der Waals surface area contributed by atoms with E-state index in [1.54, 1.807) is 43.3 Å². The Hall–Kier alpha value is -2.20. The molecule has 0 aromatic heterocycles. The number of ketones is 1. The highest BCUT2D eigenvalue weighted by atomic mass is 35.5. The van der Waals surface area contributed by atoms with Gasteiger partial charge in [0.05, 0.1) is 32.2 Å². The highest BCUT2D eigenvalue weighted by Crippen LogP contribution is 2.25. The van der Waals surface area contributed by atoms with Gasteiger partial charge in [-0.2, -0.15) is 0 Å². The van der Waals surface area contributed by atoms with Gasteiger partial charge in [0.1, 0.15) is 5.84 Å². The summed E-state index contributed by atoms with van der Waals surface area (Å²) in [5.74, 6) is 4.32. The van der Waals surface area contributed by atoms with Crippen LogP contribution in [0, 0.1) is 5.41 Å². The topological polar surface area (TPSA) is 225 Å². The molecule has 0 spiro atoms. The zero-order valence-electron chi connectivity index (χ0n) is 20.3. The van der Waals surface area contributed by atoms with E-state index in [0.29, 0.717) is 36.9 Å². The molecule has 2 aromatic rings. The van der Waals surface area contributed by atoms with Gasteiger partial charge in [0.2, 0.25) is 5.96 Å². The fourth-order valence-electron chi connectivity index (χ4n) is 2.00. The summed E-state index contributed by atoms with van der Waals surface area (Å²) >= 11 is 21.9. The molecule has 0 aliphatic carbocycles. The Labute approximate surface area is 248 Å². The first-order valence-corrected chi connectivity index (χ1v) is 12.5. The lowest BCUT2D eigenvalue weighted by Gasteiger charge is -2.06. The van der Waals surface area contributed by atoms with Crippen molar-refractivity contribution in [2.45, 2.75) is 13.8 Å². The van der Waals surface area contributed by atoms with Gasteiger partial charge < -0.3 is 23.0 Å². The van der Waals surface area contributed by atoms with Crippen molar-refractivity contribution < 1.29 is 23.6 Å². The van der Waals surface area contributed by atoms with Crippen molar-refractivity contribution in [3.05, 3.63) is 67.6 Å². The number of hydrogen-bond donors (Lipinski definition) is 6. The molecule has 12 nitrogen and oxygen atoms in total. The molecule has 0 aliphatic rings. The highest BCUT2D eigenvalue weighted by molar-refractivity contribution is 7.79. The first-order chi connectivity index (χ1) is 17.2. The van der Waals surface area contributed by atoms with Crippen molar-refractivity contribution in [1.82, 2.24) is 0 Å². The summed E-state index contributed by atoms with van der Waals surface area (Å²) in [6.07, 6.45) is 1.22. The molecule has 214 valence electrons. The molecule has 0 fully saturated rings. The van der Waals surface area contributed by atoms with Crippen LogP contribution in [0.4, 0.5) is 0 Å². The Morgan fingerprint density at radius 3 is 1.55 bits per heavy atom. The Bertz CT molecular complexity index is 1080. The van der Waals surface area contributed by atoms with Crippen LogP contribution in [-0.2, 0) is 20.5 Å². The van der Waals surface area contributed by atoms with Crippen LogP contribution in [0.3, 0.4) is 0 Å². The third-order valence-electron chi connectivity index (χ3n) is 3.40. The predicted octanol–water partition coefficient (Wildman–Crippen LogP) is 4.19. The van der Waals surface area contributed by atoms with Gasteiger partial charge >= 0.3 is 0 Å². The molecule has 1 atom stereocenters. The molecule has 0 saturated heterocycles. The average Bonchev–Trinajstić information content (AvgIpc) is 2.78. The van der Waals surface area contributed by atoms with Crippen LogP contribution >= 0.6 is 58.8 Å². The number of nitrogens with one attached hydrogen (secondary N) is 1. The molecule has 0 bridgehead atoms. The molecule has 38 heavy (non-hydrogen) atoms. The number of halogens is 5. The highest BCUT2D eigenvalue weighted by Gasteiger charge is 2.09. The standard InChI is InChI=1S/C10H11Cl2N3.C8H6Cl2O.CH6N4.CH4O4S.ClH/c1-6(15-5-9(13)14)10-7(11)3-2-4-8(10)12;1-5(11)8-6(9)3-2-4-7(8)10;2-1(3)5-4;1-6(3)5-4-2;/h2-4H,5H2,1H3,(H3,13,14);2-4H,1H3;4H2,(H4,2,3,5);2H,1H3;1H. The first-order valence-electron chi connectivity index (χ1n) is 9.53. The van der Waals surface area contributed by atoms with Crippen LogP contribution in [0.25, 0.3) is 0 Å². The van der Waals surface area contributed by atoms with E-state index in [9.17, 15) is 9.00 Å². The molecule has 0 heterocycles. The van der Waals surface area contributed by atoms with Gasteiger partial charge in [0, 0.05) is 17.5 Å². The number of carbonyl (C=O) groups is 1. The van der Waals surface area contributed by atoms with Gasteiger partial charge in [-0.3, -0.25) is 15.2 Å². The monoisotopic (exact) mass is 653 g/mol. The zero-order valence-corrected chi connectivity index (χ0v) is 24.9. The smallest absolute Gasteiger partial charge is 0.208 e. The minimum atomic E-state index is -1.54. The maximum absolute atomic E-state index is 10.9. The van der Waals surface area contributed by atoms with Crippen LogP contribution in [0.15, 0.2) is 46.5 Å². The number of aliphatic imine (C=N–C) groups is 1. The second-order valence-corrected chi connectivity index (χ2v) is 8.84. The van der Waals surface area contributed by atoms with Crippen LogP contribution in [0.2, 0.25) is 20.1 Å². The Kier molecular flexibility index (Phi) is 24.1. The van der Waals surface area contributed by atoms with Crippen LogP contribution in [0.5, 0.6) is 0 Å². The molecule has 0 amide bonds. The van der Waals surface area contributed by atoms with Gasteiger partial charge in [-0.25, -0.2) is 9.47 Å². The summed E-state index contributed by atoms with van der Waals surface area (Å²) in [5.41, 5.74) is 16.4. The quantitative estimate of drug-likeness (QED) is 0.0654. The summed E-state index contributed by atoms with van der Waals surface area (Å²) in [6.45, 7) is 3.39. The van der Waals surface area contributed by atoms with E-state index in [-0.39, 0.29) is 36.5 Å². The lowest BCUT2D eigenvalue weighted by Crippen LogP contribution is -2.23. The molecule has 18 heteroatoms. The zero-order chi connectivity index (χ0) is 29.1. The van der Waals surface area contributed by atoms with Gasteiger partial charge in [0.25, 0.3) is 0 Å². The van der Waals surface area contributed by atoms with Crippen LogP contribution in [-0.4, -0.2) is 45.6 Å². The van der Waals surface area contributed by atoms with E-state index in [4.69, 9.17) is 74.3 Å². The molecular formula is C20H28Cl5N7O5S. The Morgan fingerprint density at radius 2 is 1.34 bits per heavy atom. The molecule has 0 saturated carbocycles. The maximum atomic E-state index is 10.9. The number of hydrogen-bond acceptors (Lipinski definition) is 9. The van der Waals surface area contributed by atoms with Crippen LogP contribution in [0.1, 0.15) is 29.8 Å². The SMILES string of the molecule is CC(=NCC(=N)N)c1c(Cl)cccc1Cl.CC(=O)c1c(Cl)cccc1Cl.CS(=O)OOO.Cl.NN=C(N)N. The number of hydrazone groups is 1. The fourth-order valence-corrected chi connectivity index (χ4v) is 3.42. The minimum Gasteiger partial charge on any atom is -0.386 e. The second-order valence-electron chi connectivity index (χ2n) is 6.27. The van der Waals surface area contributed by atoms with E-state index in [1.165, 1.54) is 13.2 Å². The first kappa shape index (κ1) is 40.3. The van der Waals surface area contributed by atoms with Gasteiger partial charge in [-0.05, 0) is 38.1 Å². The number of nitrogens with two attached hydrogens (primary N) is 4. The van der Waals surface area contributed by atoms with Crippen molar-refractivity contribution in [3.63, 3.8) is 0 Å².